The molecule has 2 aromatic rings. The molecule has 0 fully saturated rings. The van der Waals surface area contributed by atoms with Crippen LogP contribution in [0.25, 0.3) is 0 Å². The molecule has 2 rings (SSSR count). The van der Waals surface area contributed by atoms with Gasteiger partial charge in [-0.2, -0.15) is 0 Å². The van der Waals surface area contributed by atoms with Gasteiger partial charge in [-0.25, -0.2) is 13.6 Å². The lowest BCUT2D eigenvalue weighted by atomic mass is 10.2. The number of nitrogens with zero attached hydrogens (tertiary/aromatic N) is 1. The fourth-order valence-corrected chi connectivity index (χ4v) is 2.11. The summed E-state index contributed by atoms with van der Waals surface area (Å²) >= 11 is 0. The first-order chi connectivity index (χ1) is 12.0. The molecule has 0 aliphatic heterocycles. The average Bonchev–Trinajstić information content (AvgIpc) is 2.61. The number of halogens is 2. The minimum Gasteiger partial charge on any atom is -0.497 e. The maximum absolute atomic E-state index is 13.6. The van der Waals surface area contributed by atoms with Crippen molar-refractivity contribution in [3.05, 3.63) is 59.7 Å². The summed E-state index contributed by atoms with van der Waals surface area (Å²) in [6.45, 7) is 0.620. The van der Waals surface area contributed by atoms with E-state index in [1.165, 1.54) is 18.0 Å². The predicted molar refractivity (Wildman–Crippen MR) is 89.7 cm³/mol. The van der Waals surface area contributed by atoms with Gasteiger partial charge in [0.25, 0.3) is 0 Å². The molecular formula is C18H20F2N2O3. The standard InChI is InChI=1S/C18H20F2N2O3/c1-22(12-13-3-4-14(19)11-17(13)20)18(23)21-9-10-25-16-7-5-15(24-2)6-8-16/h3-8,11H,9-10,12H2,1-2H3,(H,21,23). The van der Waals surface area contributed by atoms with Gasteiger partial charge in [0, 0.05) is 25.2 Å². The van der Waals surface area contributed by atoms with Gasteiger partial charge in [0.2, 0.25) is 0 Å². The number of carbonyl (C=O) groups excluding carboxylic acids is 1. The third kappa shape index (κ3) is 5.63. The summed E-state index contributed by atoms with van der Waals surface area (Å²) in [7, 11) is 3.11. The molecule has 25 heavy (non-hydrogen) atoms. The summed E-state index contributed by atoms with van der Waals surface area (Å²) in [6, 6.07) is 9.99. The van der Waals surface area contributed by atoms with Crippen molar-refractivity contribution in [2.45, 2.75) is 6.54 Å². The molecule has 7 heteroatoms. The molecule has 0 aliphatic rings. The Kier molecular flexibility index (Phi) is 6.56. The highest BCUT2D eigenvalue weighted by Crippen LogP contribution is 2.16. The smallest absolute Gasteiger partial charge is 0.317 e. The Labute approximate surface area is 145 Å². The zero-order chi connectivity index (χ0) is 18.2. The molecule has 5 nitrogen and oxygen atoms in total. The molecule has 2 aromatic carbocycles. The summed E-state index contributed by atoms with van der Waals surface area (Å²) in [5, 5.41) is 2.67. The van der Waals surface area contributed by atoms with Crippen LogP contribution in [0.1, 0.15) is 5.56 Å². The van der Waals surface area contributed by atoms with Crippen molar-refractivity contribution in [1.29, 1.82) is 0 Å². The van der Waals surface area contributed by atoms with E-state index in [-0.39, 0.29) is 24.7 Å². The summed E-state index contributed by atoms with van der Waals surface area (Å²) < 4.78 is 37.0. The number of urea groups is 1. The Morgan fingerprint density at radius 2 is 1.80 bits per heavy atom. The van der Waals surface area contributed by atoms with Gasteiger partial charge < -0.3 is 19.7 Å². The molecule has 0 bridgehead atoms. The van der Waals surface area contributed by atoms with Crippen molar-refractivity contribution in [1.82, 2.24) is 10.2 Å². The van der Waals surface area contributed by atoms with Crippen molar-refractivity contribution in [3.8, 4) is 11.5 Å². The fourth-order valence-electron chi connectivity index (χ4n) is 2.11. The number of ether oxygens (including phenoxy) is 2. The lowest BCUT2D eigenvalue weighted by molar-refractivity contribution is 0.203. The van der Waals surface area contributed by atoms with Gasteiger partial charge in [-0.05, 0) is 30.3 Å². The van der Waals surface area contributed by atoms with E-state index < -0.39 is 11.6 Å². The summed E-state index contributed by atoms with van der Waals surface area (Å²) in [4.78, 5) is 13.3. The van der Waals surface area contributed by atoms with Crippen LogP contribution < -0.4 is 14.8 Å². The van der Waals surface area contributed by atoms with Crippen LogP contribution in [0, 0.1) is 11.6 Å². The van der Waals surface area contributed by atoms with Gasteiger partial charge in [-0.3, -0.25) is 0 Å². The minimum absolute atomic E-state index is 0.0390. The SMILES string of the molecule is COc1ccc(OCCNC(=O)N(C)Cc2ccc(F)cc2F)cc1. The molecule has 0 aromatic heterocycles. The normalized spacial score (nSPS) is 10.2. The number of benzene rings is 2. The highest BCUT2D eigenvalue weighted by atomic mass is 19.1. The number of hydrogen-bond donors (Lipinski definition) is 1. The van der Waals surface area contributed by atoms with E-state index in [1.807, 2.05) is 0 Å². The Hall–Kier alpha value is -2.83. The van der Waals surface area contributed by atoms with Crippen LogP contribution >= 0.6 is 0 Å². The maximum atomic E-state index is 13.6. The number of amides is 2. The number of carbonyl (C=O) groups is 1. The number of hydrogen-bond acceptors (Lipinski definition) is 3. The van der Waals surface area contributed by atoms with Crippen LogP contribution in [0.15, 0.2) is 42.5 Å². The number of nitrogens with one attached hydrogen (secondary N) is 1. The highest BCUT2D eigenvalue weighted by molar-refractivity contribution is 5.73. The van der Waals surface area contributed by atoms with Gasteiger partial charge in [0.05, 0.1) is 13.7 Å². The van der Waals surface area contributed by atoms with E-state index in [0.717, 1.165) is 17.9 Å². The van der Waals surface area contributed by atoms with E-state index in [4.69, 9.17) is 9.47 Å². The zero-order valence-electron chi connectivity index (χ0n) is 14.1. The van der Waals surface area contributed by atoms with Crippen LogP contribution in [0.2, 0.25) is 0 Å². The summed E-state index contributed by atoms with van der Waals surface area (Å²) in [6.07, 6.45) is 0. The Balaban J connectivity index is 1.73. The van der Waals surface area contributed by atoms with E-state index >= 15 is 0 Å². The lowest BCUT2D eigenvalue weighted by Gasteiger charge is -2.18. The molecule has 2 amide bonds. The third-order valence-corrected chi connectivity index (χ3v) is 3.48. The summed E-state index contributed by atoms with van der Waals surface area (Å²) in [5.41, 5.74) is 0.244. The van der Waals surface area contributed by atoms with Gasteiger partial charge in [-0.1, -0.05) is 6.07 Å². The van der Waals surface area contributed by atoms with Crippen molar-refractivity contribution >= 4 is 6.03 Å². The molecule has 1 N–H and O–H groups in total. The van der Waals surface area contributed by atoms with Crippen molar-refractivity contribution in [2.24, 2.45) is 0 Å². The largest absolute Gasteiger partial charge is 0.497 e. The van der Waals surface area contributed by atoms with Crippen LogP contribution in [-0.4, -0.2) is 38.2 Å². The Bertz CT molecular complexity index is 708. The number of methoxy groups -OCH3 is 1. The second kappa shape index (κ2) is 8.86. The van der Waals surface area contributed by atoms with E-state index in [9.17, 15) is 13.6 Å². The second-order valence-electron chi connectivity index (χ2n) is 5.35. The topological polar surface area (TPSA) is 50.8 Å². The second-order valence-corrected chi connectivity index (χ2v) is 5.35. The van der Waals surface area contributed by atoms with E-state index in [0.29, 0.717) is 12.3 Å². The van der Waals surface area contributed by atoms with Crippen LogP contribution in [-0.2, 0) is 6.54 Å². The van der Waals surface area contributed by atoms with Crippen LogP contribution in [0.4, 0.5) is 13.6 Å². The van der Waals surface area contributed by atoms with Crippen molar-refractivity contribution < 1.29 is 23.0 Å². The molecule has 0 heterocycles. The van der Waals surface area contributed by atoms with Crippen LogP contribution in [0.3, 0.4) is 0 Å². The van der Waals surface area contributed by atoms with Crippen LogP contribution in [0.5, 0.6) is 11.5 Å². The average molecular weight is 350 g/mol. The molecule has 0 atom stereocenters. The predicted octanol–water partition coefficient (Wildman–Crippen LogP) is 3.19. The third-order valence-electron chi connectivity index (χ3n) is 3.48. The highest BCUT2D eigenvalue weighted by Gasteiger charge is 2.11. The summed E-state index contributed by atoms with van der Waals surface area (Å²) in [5.74, 6) is 0.0682. The number of rotatable bonds is 7. The fraction of sp³-hybridized carbons (Fsp3) is 0.278. The van der Waals surface area contributed by atoms with Gasteiger partial charge in [0.1, 0.15) is 29.7 Å². The first kappa shape index (κ1) is 18.5. The molecule has 0 radical (unpaired) electrons. The van der Waals surface area contributed by atoms with Gasteiger partial charge in [0.15, 0.2) is 0 Å². The monoisotopic (exact) mass is 350 g/mol. The van der Waals surface area contributed by atoms with Gasteiger partial charge in [-0.15, -0.1) is 0 Å². The quantitative estimate of drug-likeness (QED) is 0.780. The van der Waals surface area contributed by atoms with Gasteiger partial charge >= 0.3 is 6.03 Å². The first-order valence-corrected chi connectivity index (χ1v) is 7.69. The molecular weight excluding hydrogens is 330 g/mol. The van der Waals surface area contributed by atoms with E-state index in [2.05, 4.69) is 5.32 Å². The molecule has 0 unspecified atom stereocenters. The Morgan fingerprint density at radius 1 is 1.12 bits per heavy atom. The van der Waals surface area contributed by atoms with E-state index in [1.54, 1.807) is 31.4 Å². The van der Waals surface area contributed by atoms with Crippen molar-refractivity contribution in [3.63, 3.8) is 0 Å². The molecule has 0 saturated heterocycles. The lowest BCUT2D eigenvalue weighted by Crippen LogP contribution is -2.38. The molecule has 0 aliphatic carbocycles. The minimum atomic E-state index is -0.678. The first-order valence-electron chi connectivity index (χ1n) is 7.69. The molecule has 0 spiro atoms. The maximum Gasteiger partial charge on any atom is 0.317 e. The Morgan fingerprint density at radius 3 is 2.44 bits per heavy atom. The zero-order valence-corrected chi connectivity index (χ0v) is 14.1. The molecule has 0 saturated carbocycles. The van der Waals surface area contributed by atoms with Crippen molar-refractivity contribution in [2.75, 3.05) is 27.3 Å². The molecule has 134 valence electrons.